The van der Waals surface area contributed by atoms with E-state index in [1.807, 2.05) is 26.2 Å². The molecule has 2 heterocycles. The maximum absolute atomic E-state index is 13.1. The Hall–Kier alpha value is -3.17. The molecule has 0 aromatic heterocycles. The minimum absolute atomic E-state index is 0.0917. The molecule has 2 aromatic rings. The zero-order chi connectivity index (χ0) is 24.0. The fraction of sp³-hybridized carbons (Fsp3) is 0.480. The van der Waals surface area contributed by atoms with Gasteiger partial charge in [0, 0.05) is 18.4 Å². The lowest BCUT2D eigenvalue weighted by Crippen LogP contribution is -2.36. The summed E-state index contributed by atoms with van der Waals surface area (Å²) in [6, 6.07) is 7.37. The van der Waals surface area contributed by atoms with Crippen LogP contribution in [0.3, 0.4) is 0 Å². The van der Waals surface area contributed by atoms with Crippen molar-refractivity contribution in [2.75, 3.05) is 54.9 Å². The second kappa shape index (κ2) is 8.88. The van der Waals surface area contributed by atoms with Crippen LogP contribution in [0, 0.1) is 11.8 Å². The third kappa shape index (κ3) is 3.69. The van der Waals surface area contributed by atoms with E-state index in [4.69, 9.17) is 28.4 Å². The fourth-order valence-electron chi connectivity index (χ4n) is 5.18. The van der Waals surface area contributed by atoms with Crippen LogP contribution < -0.4 is 18.9 Å². The summed E-state index contributed by atoms with van der Waals surface area (Å²) < 4.78 is 34.1. The number of aromatic hydroxyl groups is 1. The molecule has 4 atom stereocenters. The van der Waals surface area contributed by atoms with Crippen LogP contribution in [0.1, 0.15) is 28.7 Å². The lowest BCUT2D eigenvalue weighted by atomic mass is 9.66. The second-order valence-corrected chi connectivity index (χ2v) is 9.00. The molecular formula is C25H29NO8. The summed E-state index contributed by atoms with van der Waals surface area (Å²) in [6.45, 7) is 1.67. The van der Waals surface area contributed by atoms with E-state index in [9.17, 15) is 9.90 Å². The largest absolute Gasteiger partial charge is 0.502 e. The number of phenolic OH excluding ortho intramolecular Hbond substituents is 1. The van der Waals surface area contributed by atoms with Crippen molar-refractivity contribution in [1.29, 1.82) is 0 Å². The van der Waals surface area contributed by atoms with Gasteiger partial charge in [0.15, 0.2) is 23.0 Å². The number of hydrogen-bond donors (Lipinski definition) is 1. The Morgan fingerprint density at radius 1 is 1.00 bits per heavy atom. The first-order chi connectivity index (χ1) is 16.4. The highest BCUT2D eigenvalue weighted by Gasteiger charge is 2.53. The molecule has 0 spiro atoms. The summed E-state index contributed by atoms with van der Waals surface area (Å²) >= 11 is 0. The van der Waals surface area contributed by atoms with Crippen LogP contribution in [0.4, 0.5) is 0 Å². The molecule has 34 heavy (non-hydrogen) atoms. The van der Waals surface area contributed by atoms with Crippen LogP contribution in [-0.2, 0) is 14.3 Å². The number of cyclic esters (lactones) is 1. The topological polar surface area (TPSA) is 95.9 Å². The van der Waals surface area contributed by atoms with Gasteiger partial charge in [0.05, 0.1) is 39.5 Å². The molecule has 3 aliphatic rings. The zero-order valence-electron chi connectivity index (χ0n) is 19.7. The van der Waals surface area contributed by atoms with Gasteiger partial charge in [-0.05, 0) is 55.1 Å². The molecule has 5 rings (SSSR count). The van der Waals surface area contributed by atoms with Crippen LogP contribution in [0.25, 0.3) is 0 Å². The normalized spacial score (nSPS) is 24.6. The van der Waals surface area contributed by atoms with Crippen molar-refractivity contribution in [3.63, 3.8) is 0 Å². The van der Waals surface area contributed by atoms with E-state index in [-0.39, 0.29) is 54.6 Å². The summed E-state index contributed by atoms with van der Waals surface area (Å²) in [6.07, 6.45) is -0.335. The number of benzene rings is 2. The average Bonchev–Trinajstić information content (AvgIpc) is 3.44. The highest BCUT2D eigenvalue weighted by Crippen LogP contribution is 2.56. The summed E-state index contributed by atoms with van der Waals surface area (Å²) in [5.74, 6) is 0.418. The first-order valence-electron chi connectivity index (χ1n) is 11.2. The number of likely N-dealkylation sites (N-methyl/N-ethyl adjacent to an activating group) is 1. The molecule has 1 N–H and O–H groups in total. The molecule has 0 saturated carbocycles. The molecule has 1 fully saturated rings. The molecule has 1 aliphatic carbocycles. The standard InChI is InChI=1S/C25H29NO8/c1-26(2)5-6-31-24-15-10-18-17(33-12-34-18)9-14(15)21(22-16(24)11-32-25(22)28)13-7-19(29-3)23(27)20(8-13)30-4/h7-10,16,21-22,24,27H,5-6,11-12H2,1-4H3. The number of esters is 1. The van der Waals surface area contributed by atoms with Crippen molar-refractivity contribution in [1.82, 2.24) is 4.90 Å². The number of methoxy groups -OCH3 is 2. The molecule has 0 radical (unpaired) electrons. The van der Waals surface area contributed by atoms with Crippen LogP contribution in [-0.4, -0.2) is 70.8 Å². The molecular weight excluding hydrogens is 442 g/mol. The van der Waals surface area contributed by atoms with Gasteiger partial charge in [-0.25, -0.2) is 0 Å². The highest BCUT2D eigenvalue weighted by atomic mass is 16.7. The van der Waals surface area contributed by atoms with Crippen molar-refractivity contribution in [3.8, 4) is 28.7 Å². The molecule has 9 nitrogen and oxygen atoms in total. The minimum Gasteiger partial charge on any atom is -0.502 e. The summed E-state index contributed by atoms with van der Waals surface area (Å²) in [5.41, 5.74) is 2.61. The van der Waals surface area contributed by atoms with Gasteiger partial charge < -0.3 is 38.4 Å². The fourth-order valence-corrected chi connectivity index (χ4v) is 5.18. The predicted molar refractivity (Wildman–Crippen MR) is 121 cm³/mol. The molecule has 0 bridgehead atoms. The van der Waals surface area contributed by atoms with Crippen molar-refractivity contribution in [3.05, 3.63) is 41.0 Å². The van der Waals surface area contributed by atoms with Gasteiger partial charge in [-0.3, -0.25) is 4.79 Å². The van der Waals surface area contributed by atoms with Gasteiger partial charge in [0.2, 0.25) is 12.5 Å². The molecule has 182 valence electrons. The number of carbonyl (C=O) groups is 1. The van der Waals surface area contributed by atoms with E-state index in [1.54, 1.807) is 12.1 Å². The Balaban J connectivity index is 1.67. The number of ether oxygens (including phenoxy) is 6. The number of phenols is 1. The van der Waals surface area contributed by atoms with Gasteiger partial charge >= 0.3 is 5.97 Å². The quantitative estimate of drug-likeness (QED) is 0.612. The Bertz CT molecular complexity index is 1080. The molecule has 2 aliphatic heterocycles. The van der Waals surface area contributed by atoms with Crippen molar-refractivity contribution >= 4 is 5.97 Å². The number of rotatable bonds is 7. The van der Waals surface area contributed by atoms with Gasteiger partial charge in [0.25, 0.3) is 0 Å². The van der Waals surface area contributed by atoms with Gasteiger partial charge in [-0.2, -0.15) is 0 Å². The molecule has 9 heteroatoms. The number of fused-ring (bicyclic) bond motifs is 3. The number of hydrogen-bond acceptors (Lipinski definition) is 9. The summed E-state index contributed by atoms with van der Waals surface area (Å²) in [7, 11) is 6.94. The SMILES string of the molecule is COc1cc(C2c3cc4c(cc3C(OCCN(C)C)C3COC(=O)C23)OCO4)cc(OC)c1O. The van der Waals surface area contributed by atoms with E-state index in [0.717, 1.165) is 23.2 Å². The Morgan fingerprint density at radius 3 is 2.26 bits per heavy atom. The molecule has 0 amide bonds. The molecule has 2 aromatic carbocycles. The maximum atomic E-state index is 13.1. The van der Waals surface area contributed by atoms with Crippen LogP contribution in [0.5, 0.6) is 28.7 Å². The van der Waals surface area contributed by atoms with Crippen LogP contribution in [0.15, 0.2) is 24.3 Å². The number of nitrogens with zero attached hydrogens (tertiary/aromatic N) is 1. The Kier molecular flexibility index (Phi) is 5.91. The van der Waals surface area contributed by atoms with E-state index >= 15 is 0 Å². The van der Waals surface area contributed by atoms with Crippen molar-refractivity contribution in [2.24, 2.45) is 11.8 Å². The second-order valence-electron chi connectivity index (χ2n) is 9.00. The smallest absolute Gasteiger partial charge is 0.310 e. The monoisotopic (exact) mass is 471 g/mol. The summed E-state index contributed by atoms with van der Waals surface area (Å²) in [5, 5.41) is 10.5. The Labute approximate surface area is 198 Å². The van der Waals surface area contributed by atoms with Gasteiger partial charge in [-0.15, -0.1) is 0 Å². The number of carbonyl (C=O) groups excluding carboxylic acids is 1. The van der Waals surface area contributed by atoms with E-state index in [1.165, 1.54) is 14.2 Å². The average molecular weight is 472 g/mol. The van der Waals surface area contributed by atoms with Crippen LogP contribution in [0.2, 0.25) is 0 Å². The maximum Gasteiger partial charge on any atom is 0.310 e. The lowest BCUT2D eigenvalue weighted by molar-refractivity contribution is -0.141. The third-order valence-corrected chi connectivity index (χ3v) is 6.82. The third-order valence-electron chi connectivity index (χ3n) is 6.82. The van der Waals surface area contributed by atoms with Crippen LogP contribution >= 0.6 is 0 Å². The summed E-state index contributed by atoms with van der Waals surface area (Å²) in [4.78, 5) is 15.1. The first-order valence-corrected chi connectivity index (χ1v) is 11.2. The molecule has 1 saturated heterocycles. The predicted octanol–water partition coefficient (Wildman–Crippen LogP) is 2.69. The van der Waals surface area contributed by atoms with Crippen molar-refractivity contribution in [2.45, 2.75) is 12.0 Å². The van der Waals surface area contributed by atoms with Gasteiger partial charge in [-0.1, -0.05) is 0 Å². The lowest BCUT2D eigenvalue weighted by Gasteiger charge is -2.39. The van der Waals surface area contributed by atoms with E-state index < -0.39 is 5.92 Å². The first kappa shape index (κ1) is 22.6. The van der Waals surface area contributed by atoms with E-state index in [2.05, 4.69) is 4.90 Å². The van der Waals surface area contributed by atoms with E-state index in [0.29, 0.717) is 18.1 Å². The zero-order valence-corrected chi connectivity index (χ0v) is 19.7. The van der Waals surface area contributed by atoms with Gasteiger partial charge in [0.1, 0.15) is 0 Å². The minimum atomic E-state index is -0.476. The highest BCUT2D eigenvalue weighted by molar-refractivity contribution is 5.79. The molecule has 4 unspecified atom stereocenters. The van der Waals surface area contributed by atoms with Crippen molar-refractivity contribution < 1.29 is 38.3 Å². The Morgan fingerprint density at radius 2 is 1.65 bits per heavy atom.